The Morgan fingerprint density at radius 1 is 1.17 bits per heavy atom. The first-order valence-electron chi connectivity index (χ1n) is 7.03. The van der Waals surface area contributed by atoms with Gasteiger partial charge in [0.05, 0.1) is 10.7 Å². The summed E-state index contributed by atoms with van der Waals surface area (Å²) in [5, 5.41) is 7.70. The molecule has 0 aliphatic carbocycles. The van der Waals surface area contributed by atoms with Gasteiger partial charge in [0.1, 0.15) is 4.90 Å². The molecule has 0 radical (unpaired) electrons. The van der Waals surface area contributed by atoms with Crippen LogP contribution in [-0.2, 0) is 16.4 Å². The number of hydrogen-bond acceptors (Lipinski definition) is 5. The fourth-order valence-corrected chi connectivity index (χ4v) is 5.03. The molecule has 0 fully saturated rings. The predicted octanol–water partition coefficient (Wildman–Crippen LogP) is 3.02. The van der Waals surface area contributed by atoms with Crippen molar-refractivity contribution in [1.29, 1.82) is 0 Å². The lowest BCUT2D eigenvalue weighted by molar-refractivity contribution is 0.315. The molecular formula is C15H12ClN3O3S. The van der Waals surface area contributed by atoms with Crippen LogP contribution in [0.4, 0.5) is 5.69 Å². The molecule has 0 saturated carbocycles. The van der Waals surface area contributed by atoms with Crippen LogP contribution in [0.15, 0.2) is 45.9 Å². The van der Waals surface area contributed by atoms with E-state index >= 15 is 0 Å². The molecule has 8 heteroatoms. The summed E-state index contributed by atoms with van der Waals surface area (Å²) >= 11 is 6.02. The first kappa shape index (κ1) is 14.5. The van der Waals surface area contributed by atoms with E-state index in [0.29, 0.717) is 17.1 Å². The Bertz CT molecular complexity index is 1020. The zero-order valence-corrected chi connectivity index (χ0v) is 13.7. The third kappa shape index (κ3) is 2.04. The van der Waals surface area contributed by atoms with E-state index in [2.05, 4.69) is 14.9 Å². The van der Waals surface area contributed by atoms with Crippen LogP contribution >= 0.6 is 11.6 Å². The van der Waals surface area contributed by atoms with Crippen LogP contribution in [0.5, 0.6) is 0 Å². The van der Waals surface area contributed by atoms with Gasteiger partial charge in [-0.25, -0.2) is 13.0 Å². The Labute approximate surface area is 137 Å². The highest BCUT2D eigenvalue weighted by Crippen LogP contribution is 2.38. The van der Waals surface area contributed by atoms with Gasteiger partial charge in [-0.1, -0.05) is 29.8 Å². The Balaban J connectivity index is 1.94. The molecule has 2 aromatic carbocycles. The van der Waals surface area contributed by atoms with Crippen LogP contribution in [0.1, 0.15) is 12.5 Å². The molecule has 6 nitrogen and oxygen atoms in total. The molecule has 0 N–H and O–H groups in total. The lowest BCUT2D eigenvalue weighted by Crippen LogP contribution is -2.35. The van der Waals surface area contributed by atoms with Crippen molar-refractivity contribution in [2.75, 3.05) is 4.31 Å². The second-order valence-corrected chi connectivity index (χ2v) is 7.68. The standard InChI is InChI=1S/C15H12ClN3O3S/c1-9-8-10-4-2-3-5-12(10)19(9)23(20,21)13-7-6-11(16)14-15(13)18-22-17-14/h2-7,9H,8H2,1H3/t9-/m0/s1. The molecule has 23 heavy (non-hydrogen) atoms. The van der Waals surface area contributed by atoms with Crippen molar-refractivity contribution >= 4 is 38.3 Å². The number of rotatable bonds is 2. The first-order chi connectivity index (χ1) is 11.0. The zero-order chi connectivity index (χ0) is 16.2. The van der Waals surface area contributed by atoms with Gasteiger partial charge in [-0.15, -0.1) is 0 Å². The highest BCUT2D eigenvalue weighted by atomic mass is 35.5. The lowest BCUT2D eigenvalue weighted by Gasteiger charge is -2.24. The Kier molecular flexibility index (Phi) is 3.11. The maximum Gasteiger partial charge on any atom is 0.266 e. The fraction of sp³-hybridized carbons (Fsp3) is 0.200. The third-order valence-corrected chi connectivity index (χ3v) is 6.28. The summed E-state index contributed by atoms with van der Waals surface area (Å²) in [5.41, 5.74) is 2.09. The Morgan fingerprint density at radius 3 is 2.74 bits per heavy atom. The summed E-state index contributed by atoms with van der Waals surface area (Å²) in [5.74, 6) is 0. The van der Waals surface area contributed by atoms with E-state index in [4.69, 9.17) is 11.6 Å². The predicted molar refractivity (Wildman–Crippen MR) is 86.1 cm³/mol. The molecule has 4 rings (SSSR count). The minimum Gasteiger partial charge on any atom is -0.263 e. The molecule has 118 valence electrons. The van der Waals surface area contributed by atoms with E-state index in [1.807, 2.05) is 31.2 Å². The van der Waals surface area contributed by atoms with Crippen LogP contribution in [0.3, 0.4) is 0 Å². The molecule has 3 aromatic rings. The minimum atomic E-state index is -3.80. The van der Waals surface area contributed by atoms with E-state index in [1.165, 1.54) is 16.4 Å². The lowest BCUT2D eigenvalue weighted by atomic mass is 10.1. The maximum atomic E-state index is 13.2. The van der Waals surface area contributed by atoms with E-state index < -0.39 is 10.0 Å². The van der Waals surface area contributed by atoms with Gasteiger partial charge in [-0.05, 0) is 47.4 Å². The van der Waals surface area contributed by atoms with Crippen LogP contribution in [0.25, 0.3) is 11.0 Å². The van der Waals surface area contributed by atoms with Crippen molar-refractivity contribution in [3.8, 4) is 0 Å². The van der Waals surface area contributed by atoms with Crippen molar-refractivity contribution in [3.63, 3.8) is 0 Å². The number of hydrogen-bond donors (Lipinski definition) is 0. The molecule has 0 saturated heterocycles. The summed E-state index contributed by atoms with van der Waals surface area (Å²) in [6, 6.07) is 10.2. The van der Waals surface area contributed by atoms with Gasteiger partial charge in [0, 0.05) is 6.04 Å². The molecule has 1 atom stereocenters. The molecule has 0 unspecified atom stereocenters. The summed E-state index contributed by atoms with van der Waals surface area (Å²) in [4.78, 5) is 0.0432. The minimum absolute atomic E-state index is 0.0432. The quantitative estimate of drug-likeness (QED) is 0.710. The van der Waals surface area contributed by atoms with Crippen LogP contribution in [-0.4, -0.2) is 24.8 Å². The number of aromatic nitrogens is 2. The first-order valence-corrected chi connectivity index (χ1v) is 8.85. The van der Waals surface area contributed by atoms with Gasteiger partial charge in [-0.2, -0.15) is 0 Å². The third-order valence-electron chi connectivity index (χ3n) is 4.01. The number of fused-ring (bicyclic) bond motifs is 2. The SMILES string of the molecule is C[C@H]1Cc2ccccc2N1S(=O)(=O)c1ccc(Cl)c2nonc12. The molecule has 0 amide bonds. The molecule has 0 bridgehead atoms. The van der Waals surface area contributed by atoms with Crippen LogP contribution in [0, 0.1) is 0 Å². The molecule has 1 aliphatic rings. The number of anilines is 1. The summed E-state index contributed by atoms with van der Waals surface area (Å²) < 4.78 is 32.5. The topological polar surface area (TPSA) is 76.3 Å². The number of nitrogens with zero attached hydrogens (tertiary/aromatic N) is 3. The average molecular weight is 350 g/mol. The normalized spacial score (nSPS) is 17.7. The summed E-state index contributed by atoms with van der Waals surface area (Å²) in [6.07, 6.45) is 0.670. The van der Waals surface area contributed by atoms with Gasteiger partial charge in [0.15, 0.2) is 11.0 Å². The summed E-state index contributed by atoms with van der Waals surface area (Å²) in [7, 11) is -3.80. The summed E-state index contributed by atoms with van der Waals surface area (Å²) in [6.45, 7) is 1.88. The van der Waals surface area contributed by atoms with Gasteiger partial charge < -0.3 is 0 Å². The molecule has 2 heterocycles. The van der Waals surface area contributed by atoms with E-state index in [0.717, 1.165) is 5.56 Å². The smallest absolute Gasteiger partial charge is 0.263 e. The second-order valence-electron chi connectivity index (χ2n) is 5.49. The highest BCUT2D eigenvalue weighted by Gasteiger charge is 2.37. The molecule has 1 aromatic heterocycles. The number of halogens is 1. The van der Waals surface area contributed by atoms with Crippen molar-refractivity contribution in [2.24, 2.45) is 0 Å². The fourth-order valence-electron chi connectivity index (χ4n) is 3.03. The number of benzene rings is 2. The van der Waals surface area contributed by atoms with Gasteiger partial charge in [0.25, 0.3) is 10.0 Å². The highest BCUT2D eigenvalue weighted by molar-refractivity contribution is 7.93. The largest absolute Gasteiger partial charge is 0.266 e. The van der Waals surface area contributed by atoms with E-state index in [1.54, 1.807) is 0 Å². The monoisotopic (exact) mass is 349 g/mol. The Morgan fingerprint density at radius 2 is 1.91 bits per heavy atom. The molecule has 0 spiro atoms. The van der Waals surface area contributed by atoms with Gasteiger partial charge in [0.2, 0.25) is 0 Å². The van der Waals surface area contributed by atoms with Crippen molar-refractivity contribution in [1.82, 2.24) is 10.3 Å². The second kappa shape index (κ2) is 4.94. The zero-order valence-electron chi connectivity index (χ0n) is 12.1. The van der Waals surface area contributed by atoms with E-state index in [-0.39, 0.29) is 22.0 Å². The van der Waals surface area contributed by atoms with Crippen molar-refractivity contribution in [3.05, 3.63) is 47.0 Å². The molecule has 1 aliphatic heterocycles. The maximum absolute atomic E-state index is 13.2. The number of sulfonamides is 1. The van der Waals surface area contributed by atoms with Crippen LogP contribution in [0.2, 0.25) is 5.02 Å². The molecular weight excluding hydrogens is 338 g/mol. The van der Waals surface area contributed by atoms with Crippen molar-refractivity contribution in [2.45, 2.75) is 24.3 Å². The van der Waals surface area contributed by atoms with E-state index in [9.17, 15) is 8.42 Å². The van der Waals surface area contributed by atoms with Gasteiger partial charge >= 0.3 is 0 Å². The van der Waals surface area contributed by atoms with Crippen molar-refractivity contribution < 1.29 is 13.0 Å². The average Bonchev–Trinajstić information content (AvgIpc) is 3.11. The Hall–Kier alpha value is -2.12. The number of para-hydroxylation sites is 1. The van der Waals surface area contributed by atoms with Crippen LogP contribution < -0.4 is 4.31 Å². The van der Waals surface area contributed by atoms with Gasteiger partial charge in [-0.3, -0.25) is 4.31 Å².